The average Bonchev–Trinajstić information content (AvgIpc) is 2.74. The Labute approximate surface area is 177 Å². The highest BCUT2D eigenvalue weighted by Gasteiger charge is 2.11. The first-order valence-electron chi connectivity index (χ1n) is 9.06. The number of rotatable bonds is 12. The predicted molar refractivity (Wildman–Crippen MR) is 115 cm³/mol. The second-order valence-electron chi connectivity index (χ2n) is 5.95. The van der Waals surface area contributed by atoms with E-state index in [1.807, 2.05) is 18.2 Å². The second-order valence-corrected chi connectivity index (χ2v) is 8.39. The maximum Gasteiger partial charge on any atom is 0.255 e. The molecule has 2 aromatic rings. The SMILES string of the molecule is N=Nc1ccc(C(=O)NCCCCNC(=O)CCSSc2ccccn2)c(O)c1. The van der Waals surface area contributed by atoms with Crippen LogP contribution >= 0.6 is 21.6 Å². The van der Waals surface area contributed by atoms with Crippen LogP contribution in [-0.2, 0) is 4.79 Å². The van der Waals surface area contributed by atoms with E-state index in [1.165, 1.54) is 18.2 Å². The third-order valence-electron chi connectivity index (χ3n) is 3.76. The number of carbonyl (C=O) groups excluding carboxylic acids is 2. The molecular formula is C19H23N5O3S2. The van der Waals surface area contributed by atoms with Crippen molar-refractivity contribution in [3.8, 4) is 5.75 Å². The van der Waals surface area contributed by atoms with Crippen molar-refractivity contribution in [3.63, 3.8) is 0 Å². The molecule has 0 bridgehead atoms. The maximum absolute atomic E-state index is 12.0. The van der Waals surface area contributed by atoms with Crippen LogP contribution in [0.1, 0.15) is 29.6 Å². The molecule has 1 aromatic heterocycles. The summed E-state index contributed by atoms with van der Waals surface area (Å²) in [6.07, 6.45) is 3.63. The molecule has 1 aromatic carbocycles. The van der Waals surface area contributed by atoms with E-state index < -0.39 is 0 Å². The van der Waals surface area contributed by atoms with Crippen LogP contribution in [0, 0.1) is 5.53 Å². The van der Waals surface area contributed by atoms with E-state index >= 15 is 0 Å². The number of unbranched alkanes of at least 4 members (excludes halogenated alkanes) is 1. The Morgan fingerprint density at radius 1 is 1.14 bits per heavy atom. The predicted octanol–water partition coefficient (Wildman–Crippen LogP) is 3.91. The van der Waals surface area contributed by atoms with Crippen LogP contribution in [0.15, 0.2) is 52.7 Å². The molecular weight excluding hydrogens is 410 g/mol. The van der Waals surface area contributed by atoms with Crippen molar-refractivity contribution in [3.05, 3.63) is 48.2 Å². The smallest absolute Gasteiger partial charge is 0.255 e. The summed E-state index contributed by atoms with van der Waals surface area (Å²) in [5.74, 6) is 0.125. The highest BCUT2D eigenvalue weighted by atomic mass is 33.1. The molecule has 0 radical (unpaired) electrons. The molecule has 0 fully saturated rings. The first kappa shape index (κ1) is 22.7. The largest absolute Gasteiger partial charge is 0.507 e. The molecule has 0 saturated heterocycles. The number of aromatic hydroxyl groups is 1. The maximum atomic E-state index is 12.0. The van der Waals surface area contributed by atoms with E-state index in [2.05, 4.69) is 20.7 Å². The molecule has 2 amide bonds. The molecule has 0 aliphatic heterocycles. The minimum Gasteiger partial charge on any atom is -0.507 e. The third-order valence-corrected chi connectivity index (χ3v) is 6.03. The molecule has 10 heteroatoms. The number of benzene rings is 1. The fourth-order valence-electron chi connectivity index (χ4n) is 2.28. The molecule has 4 N–H and O–H groups in total. The van der Waals surface area contributed by atoms with Gasteiger partial charge in [-0.15, -0.1) is 0 Å². The molecule has 0 unspecified atom stereocenters. The lowest BCUT2D eigenvalue weighted by Crippen LogP contribution is -2.27. The highest BCUT2D eigenvalue weighted by Crippen LogP contribution is 2.29. The van der Waals surface area contributed by atoms with Gasteiger partial charge in [-0.1, -0.05) is 16.9 Å². The zero-order valence-electron chi connectivity index (χ0n) is 15.8. The van der Waals surface area contributed by atoms with Gasteiger partial charge in [0.25, 0.3) is 5.91 Å². The number of amides is 2. The Bertz CT molecular complexity index is 821. The second kappa shape index (κ2) is 12.8. The van der Waals surface area contributed by atoms with Gasteiger partial charge in [-0.25, -0.2) is 10.5 Å². The van der Waals surface area contributed by atoms with Crippen molar-refractivity contribution >= 4 is 39.1 Å². The lowest BCUT2D eigenvalue weighted by molar-refractivity contribution is -0.120. The molecule has 29 heavy (non-hydrogen) atoms. The van der Waals surface area contributed by atoms with Crippen LogP contribution in [0.25, 0.3) is 0 Å². The van der Waals surface area contributed by atoms with Crippen LogP contribution in [0.4, 0.5) is 5.69 Å². The first-order chi connectivity index (χ1) is 14.1. The fraction of sp³-hybridized carbons (Fsp3) is 0.316. The molecule has 1 heterocycles. The number of hydrogen-bond donors (Lipinski definition) is 4. The molecule has 0 spiro atoms. The Morgan fingerprint density at radius 2 is 1.93 bits per heavy atom. The standard InChI is InChI=1S/C19H23N5O3S2/c20-24-14-6-7-15(16(25)13-14)19(27)23-11-4-3-9-21-17(26)8-12-28-29-18-5-1-2-10-22-18/h1-2,5-7,10,13,20,25H,3-4,8-9,11-12H2,(H,21,26)(H,23,27). The van der Waals surface area contributed by atoms with E-state index in [1.54, 1.807) is 27.8 Å². The number of pyridine rings is 1. The number of nitrogens with one attached hydrogen (secondary N) is 3. The van der Waals surface area contributed by atoms with Crippen LogP contribution in [0.3, 0.4) is 0 Å². The number of phenols is 1. The minimum absolute atomic E-state index is 0.00739. The van der Waals surface area contributed by atoms with Crippen LogP contribution in [0.2, 0.25) is 0 Å². The van der Waals surface area contributed by atoms with Gasteiger partial charge in [0.1, 0.15) is 10.8 Å². The molecule has 2 rings (SSSR count). The first-order valence-corrected chi connectivity index (χ1v) is 11.4. The van der Waals surface area contributed by atoms with Crippen LogP contribution in [-0.4, -0.2) is 40.7 Å². The highest BCUT2D eigenvalue weighted by molar-refractivity contribution is 8.76. The Kier molecular flexibility index (Phi) is 10.0. The summed E-state index contributed by atoms with van der Waals surface area (Å²) in [6, 6.07) is 9.92. The topological polar surface area (TPSA) is 128 Å². The van der Waals surface area contributed by atoms with Crippen molar-refractivity contribution in [2.75, 3.05) is 18.8 Å². The van der Waals surface area contributed by atoms with Gasteiger partial charge in [-0.05, 0) is 47.9 Å². The van der Waals surface area contributed by atoms with Gasteiger partial charge in [0, 0.05) is 37.5 Å². The molecule has 0 aliphatic rings. The Balaban J connectivity index is 1.51. The van der Waals surface area contributed by atoms with E-state index in [0.717, 1.165) is 11.4 Å². The van der Waals surface area contributed by atoms with E-state index in [4.69, 9.17) is 5.53 Å². The van der Waals surface area contributed by atoms with Gasteiger partial charge in [0.05, 0.1) is 11.3 Å². The van der Waals surface area contributed by atoms with E-state index in [-0.39, 0.29) is 28.8 Å². The van der Waals surface area contributed by atoms with Gasteiger partial charge in [0.15, 0.2) is 0 Å². The number of hydrogen-bond acceptors (Lipinski definition) is 8. The van der Waals surface area contributed by atoms with E-state index in [9.17, 15) is 14.7 Å². The van der Waals surface area contributed by atoms with Crippen molar-refractivity contribution in [2.45, 2.75) is 24.3 Å². The van der Waals surface area contributed by atoms with Crippen LogP contribution < -0.4 is 10.6 Å². The molecule has 8 nitrogen and oxygen atoms in total. The number of aromatic nitrogens is 1. The van der Waals surface area contributed by atoms with Crippen molar-refractivity contribution in [1.29, 1.82) is 5.53 Å². The number of nitrogens with zero attached hydrogens (tertiary/aromatic N) is 2. The van der Waals surface area contributed by atoms with Crippen molar-refractivity contribution in [1.82, 2.24) is 15.6 Å². The van der Waals surface area contributed by atoms with Gasteiger partial charge in [-0.3, -0.25) is 9.59 Å². The van der Waals surface area contributed by atoms with Gasteiger partial charge in [-0.2, -0.15) is 5.11 Å². The van der Waals surface area contributed by atoms with Crippen molar-refractivity contribution < 1.29 is 14.7 Å². The number of phenolic OH excluding ortho intramolecular Hbond substituents is 1. The van der Waals surface area contributed by atoms with Gasteiger partial charge in [0.2, 0.25) is 5.91 Å². The molecule has 154 valence electrons. The fourth-order valence-corrected chi connectivity index (χ4v) is 4.15. The van der Waals surface area contributed by atoms with Gasteiger partial charge >= 0.3 is 0 Å². The summed E-state index contributed by atoms with van der Waals surface area (Å²) in [6.45, 7) is 0.993. The van der Waals surface area contributed by atoms with Gasteiger partial charge < -0.3 is 15.7 Å². The summed E-state index contributed by atoms with van der Waals surface area (Å²) in [7, 11) is 3.15. The molecule has 0 atom stereocenters. The Morgan fingerprint density at radius 3 is 2.62 bits per heavy atom. The summed E-state index contributed by atoms with van der Waals surface area (Å²) >= 11 is 0. The molecule has 0 aliphatic carbocycles. The quantitative estimate of drug-likeness (QED) is 0.228. The van der Waals surface area contributed by atoms with Crippen LogP contribution in [0.5, 0.6) is 5.75 Å². The minimum atomic E-state index is -0.384. The number of carbonyl (C=O) groups is 2. The summed E-state index contributed by atoms with van der Waals surface area (Å²) in [5, 5.41) is 19.5. The molecule has 0 saturated carbocycles. The Hall–Kier alpha value is -2.59. The van der Waals surface area contributed by atoms with E-state index in [0.29, 0.717) is 31.7 Å². The zero-order chi connectivity index (χ0) is 20.9. The monoisotopic (exact) mass is 433 g/mol. The lowest BCUT2D eigenvalue weighted by atomic mass is 10.1. The van der Waals surface area contributed by atoms with Crippen molar-refractivity contribution in [2.24, 2.45) is 5.11 Å². The zero-order valence-corrected chi connectivity index (χ0v) is 17.4. The lowest BCUT2D eigenvalue weighted by Gasteiger charge is -2.08. The third kappa shape index (κ3) is 8.53. The summed E-state index contributed by atoms with van der Waals surface area (Å²) in [5.41, 5.74) is 7.31. The normalized spacial score (nSPS) is 10.3. The average molecular weight is 434 g/mol. The summed E-state index contributed by atoms with van der Waals surface area (Å²) in [4.78, 5) is 28.0. The summed E-state index contributed by atoms with van der Waals surface area (Å²) < 4.78 is 0.